The number of furan rings is 1. The van der Waals surface area contributed by atoms with E-state index in [-0.39, 0.29) is 16.2 Å². The Hall–Kier alpha value is -1.99. The monoisotopic (exact) mass is 279 g/mol. The highest BCUT2D eigenvalue weighted by Crippen LogP contribution is 2.20. The van der Waals surface area contributed by atoms with E-state index in [4.69, 9.17) is 9.52 Å². The molecule has 0 bridgehead atoms. The van der Waals surface area contributed by atoms with Crippen LogP contribution in [0.15, 0.2) is 16.7 Å². The molecule has 0 aliphatic carbocycles. The van der Waals surface area contributed by atoms with E-state index in [1.165, 1.54) is 12.3 Å². The highest BCUT2D eigenvalue weighted by atomic mass is 19.4. The van der Waals surface area contributed by atoms with Gasteiger partial charge < -0.3 is 14.4 Å². The quantitative estimate of drug-likeness (QED) is 0.894. The summed E-state index contributed by atoms with van der Waals surface area (Å²) in [5, 5.41) is 8.57. The van der Waals surface area contributed by atoms with Crippen LogP contribution in [-0.2, 0) is 11.2 Å². The molecule has 0 saturated heterocycles. The molecular formula is C11H12F3NO4. The van der Waals surface area contributed by atoms with Crippen LogP contribution in [0.1, 0.15) is 23.0 Å². The van der Waals surface area contributed by atoms with Crippen LogP contribution in [0.5, 0.6) is 0 Å². The topological polar surface area (TPSA) is 70.8 Å². The average molecular weight is 279 g/mol. The van der Waals surface area contributed by atoms with Gasteiger partial charge in [0.2, 0.25) is 0 Å². The Balaban J connectivity index is 2.97. The van der Waals surface area contributed by atoms with Crippen LogP contribution in [0.2, 0.25) is 0 Å². The Labute approximate surface area is 106 Å². The van der Waals surface area contributed by atoms with Crippen LogP contribution >= 0.6 is 0 Å². The van der Waals surface area contributed by atoms with Crippen LogP contribution in [-0.4, -0.2) is 41.1 Å². The van der Waals surface area contributed by atoms with E-state index in [0.29, 0.717) is 6.42 Å². The number of carbonyl (C=O) groups is 2. The summed E-state index contributed by atoms with van der Waals surface area (Å²) in [6.07, 6.45) is -3.17. The zero-order valence-electron chi connectivity index (χ0n) is 10.0. The normalized spacial score (nSPS) is 11.4. The lowest BCUT2D eigenvalue weighted by atomic mass is 10.2. The Morgan fingerprint density at radius 2 is 2.05 bits per heavy atom. The third-order valence-electron chi connectivity index (χ3n) is 2.28. The van der Waals surface area contributed by atoms with Crippen molar-refractivity contribution < 1.29 is 32.3 Å². The molecule has 0 atom stereocenters. The second-order valence-electron chi connectivity index (χ2n) is 3.78. The smallest absolute Gasteiger partial charge is 0.406 e. The molecule has 1 rings (SSSR count). The van der Waals surface area contributed by atoms with Crippen LogP contribution in [0.25, 0.3) is 0 Å². The molecule has 1 aromatic heterocycles. The van der Waals surface area contributed by atoms with E-state index in [0.717, 1.165) is 0 Å². The lowest BCUT2D eigenvalue weighted by Gasteiger charge is -2.21. The summed E-state index contributed by atoms with van der Waals surface area (Å²) in [7, 11) is 0. The highest BCUT2D eigenvalue weighted by Gasteiger charge is 2.35. The van der Waals surface area contributed by atoms with E-state index < -0.39 is 31.1 Å². The molecule has 0 radical (unpaired) electrons. The summed E-state index contributed by atoms with van der Waals surface area (Å²) in [5.41, 5.74) is -0.0481. The van der Waals surface area contributed by atoms with Crippen LogP contribution in [0.3, 0.4) is 0 Å². The lowest BCUT2D eigenvalue weighted by Crippen LogP contribution is -2.42. The summed E-state index contributed by atoms with van der Waals surface area (Å²) < 4.78 is 41.9. The molecule has 0 fully saturated rings. The molecule has 1 aromatic rings. The summed E-state index contributed by atoms with van der Waals surface area (Å²) in [5.74, 6) is -2.30. The Morgan fingerprint density at radius 1 is 1.42 bits per heavy atom. The fourth-order valence-electron chi connectivity index (χ4n) is 1.55. The van der Waals surface area contributed by atoms with Gasteiger partial charge in [0, 0.05) is 6.42 Å². The predicted octanol–water partition coefficient (Wildman–Crippen LogP) is 1.93. The first kappa shape index (κ1) is 15.1. The third-order valence-corrected chi connectivity index (χ3v) is 2.28. The molecule has 1 amide bonds. The van der Waals surface area contributed by atoms with Crippen molar-refractivity contribution in [3.05, 3.63) is 23.7 Å². The molecule has 8 heteroatoms. The SMILES string of the molecule is CCc1occc1C(=O)N(CC(=O)O)CC(F)(F)F. The molecule has 106 valence electrons. The van der Waals surface area contributed by atoms with E-state index in [9.17, 15) is 22.8 Å². The van der Waals surface area contributed by atoms with Crippen molar-refractivity contribution >= 4 is 11.9 Å². The zero-order chi connectivity index (χ0) is 14.6. The lowest BCUT2D eigenvalue weighted by molar-refractivity contribution is -0.149. The number of hydrogen-bond donors (Lipinski definition) is 1. The van der Waals surface area contributed by atoms with Gasteiger partial charge in [-0.2, -0.15) is 13.2 Å². The predicted molar refractivity (Wildman–Crippen MR) is 57.7 cm³/mol. The van der Waals surface area contributed by atoms with Gasteiger partial charge >= 0.3 is 12.1 Å². The molecule has 0 aliphatic heterocycles. The number of halogens is 3. The molecule has 0 spiro atoms. The van der Waals surface area contributed by atoms with Gasteiger partial charge in [0.05, 0.1) is 11.8 Å². The van der Waals surface area contributed by atoms with Gasteiger partial charge in [-0.1, -0.05) is 6.92 Å². The number of aryl methyl sites for hydroxylation is 1. The molecule has 5 nitrogen and oxygen atoms in total. The largest absolute Gasteiger partial charge is 0.480 e. The number of amides is 1. The second-order valence-corrected chi connectivity index (χ2v) is 3.78. The first-order valence-corrected chi connectivity index (χ1v) is 5.38. The van der Waals surface area contributed by atoms with Gasteiger partial charge in [-0.25, -0.2) is 0 Å². The maximum atomic E-state index is 12.3. The summed E-state index contributed by atoms with van der Waals surface area (Å²) in [6, 6.07) is 1.23. The van der Waals surface area contributed by atoms with E-state index in [1.54, 1.807) is 6.92 Å². The standard InChI is InChI=1S/C11H12F3NO4/c1-2-8-7(3-4-19-8)10(18)15(5-9(16)17)6-11(12,13)14/h3-4H,2,5-6H2,1H3,(H,16,17). The average Bonchev–Trinajstić information content (AvgIpc) is 2.72. The molecule has 0 aliphatic rings. The second kappa shape index (κ2) is 5.77. The number of alkyl halides is 3. The zero-order valence-corrected chi connectivity index (χ0v) is 10.0. The number of carbonyl (C=O) groups excluding carboxylic acids is 1. The third kappa shape index (κ3) is 4.31. The minimum Gasteiger partial charge on any atom is -0.480 e. The fourth-order valence-corrected chi connectivity index (χ4v) is 1.55. The number of carboxylic acid groups (broad SMARTS) is 1. The molecule has 0 saturated carbocycles. The van der Waals surface area contributed by atoms with Crippen molar-refractivity contribution in [2.45, 2.75) is 19.5 Å². The highest BCUT2D eigenvalue weighted by molar-refractivity contribution is 5.96. The minimum atomic E-state index is -4.67. The first-order chi connectivity index (χ1) is 8.74. The Kier molecular flexibility index (Phi) is 4.57. The van der Waals surface area contributed by atoms with Gasteiger partial charge in [-0.15, -0.1) is 0 Å². The van der Waals surface area contributed by atoms with Crippen molar-refractivity contribution in [3.63, 3.8) is 0 Å². The van der Waals surface area contributed by atoms with Gasteiger partial charge in [0.25, 0.3) is 5.91 Å². The van der Waals surface area contributed by atoms with E-state index in [2.05, 4.69) is 0 Å². The molecule has 1 N–H and O–H groups in total. The van der Waals surface area contributed by atoms with Gasteiger partial charge in [0.15, 0.2) is 0 Å². The number of aliphatic carboxylic acids is 1. The van der Waals surface area contributed by atoms with Crippen molar-refractivity contribution in [2.24, 2.45) is 0 Å². The number of hydrogen-bond acceptors (Lipinski definition) is 3. The van der Waals surface area contributed by atoms with Gasteiger partial charge in [-0.3, -0.25) is 9.59 Å². The number of nitrogens with zero attached hydrogens (tertiary/aromatic N) is 1. The van der Waals surface area contributed by atoms with Crippen molar-refractivity contribution in [2.75, 3.05) is 13.1 Å². The van der Waals surface area contributed by atoms with Gasteiger partial charge in [-0.05, 0) is 6.07 Å². The van der Waals surface area contributed by atoms with Crippen molar-refractivity contribution in [3.8, 4) is 0 Å². The van der Waals surface area contributed by atoms with Crippen LogP contribution < -0.4 is 0 Å². The minimum absolute atomic E-state index is 0.0481. The summed E-state index contributed by atoms with van der Waals surface area (Å²) in [6.45, 7) is -0.972. The Morgan fingerprint density at radius 3 is 2.53 bits per heavy atom. The number of carboxylic acids is 1. The molecular weight excluding hydrogens is 267 g/mol. The van der Waals surface area contributed by atoms with Crippen molar-refractivity contribution in [1.82, 2.24) is 4.90 Å². The van der Waals surface area contributed by atoms with E-state index in [1.807, 2.05) is 0 Å². The molecule has 1 heterocycles. The molecule has 0 unspecified atom stereocenters. The summed E-state index contributed by atoms with van der Waals surface area (Å²) in [4.78, 5) is 22.7. The van der Waals surface area contributed by atoms with E-state index >= 15 is 0 Å². The van der Waals surface area contributed by atoms with Crippen LogP contribution in [0, 0.1) is 0 Å². The van der Waals surface area contributed by atoms with Crippen LogP contribution in [0.4, 0.5) is 13.2 Å². The fraction of sp³-hybridized carbons (Fsp3) is 0.455. The van der Waals surface area contributed by atoms with Crippen molar-refractivity contribution in [1.29, 1.82) is 0 Å². The maximum Gasteiger partial charge on any atom is 0.406 e. The Bertz CT molecular complexity index is 467. The first-order valence-electron chi connectivity index (χ1n) is 5.38. The molecule has 19 heavy (non-hydrogen) atoms. The van der Waals surface area contributed by atoms with Gasteiger partial charge in [0.1, 0.15) is 18.8 Å². The maximum absolute atomic E-state index is 12.3. The molecule has 0 aromatic carbocycles. The summed E-state index contributed by atoms with van der Waals surface area (Å²) >= 11 is 0. The number of rotatable bonds is 5.